The number of anilines is 1. The highest BCUT2D eigenvalue weighted by atomic mass is 32.1. The molecule has 0 amide bonds. The van der Waals surface area contributed by atoms with E-state index < -0.39 is 0 Å². The molecule has 4 rings (SSSR count). The van der Waals surface area contributed by atoms with Gasteiger partial charge in [0.05, 0.1) is 7.11 Å². The van der Waals surface area contributed by atoms with Crippen molar-refractivity contribution in [2.75, 3.05) is 19.2 Å². The molecule has 0 saturated carbocycles. The molecular formula is C23H22N2O3S. The van der Waals surface area contributed by atoms with Crippen LogP contribution in [0.2, 0.25) is 0 Å². The average Bonchev–Trinajstić information content (AvgIpc) is 3.22. The first-order valence-electron chi connectivity index (χ1n) is 9.34. The molecule has 0 aromatic heterocycles. The normalized spacial score (nSPS) is 11.8. The van der Waals surface area contributed by atoms with Crippen LogP contribution in [0.1, 0.15) is 11.1 Å². The summed E-state index contributed by atoms with van der Waals surface area (Å²) in [6.45, 7) is 1.57. The van der Waals surface area contributed by atoms with Gasteiger partial charge in [-0.15, -0.1) is 0 Å². The van der Waals surface area contributed by atoms with Crippen LogP contribution in [0.15, 0.2) is 72.8 Å². The molecule has 0 radical (unpaired) electrons. The lowest BCUT2D eigenvalue weighted by Crippen LogP contribution is -2.33. The molecule has 3 aromatic carbocycles. The van der Waals surface area contributed by atoms with Crippen LogP contribution in [0.3, 0.4) is 0 Å². The van der Waals surface area contributed by atoms with Crippen molar-refractivity contribution in [3.8, 4) is 17.2 Å². The molecule has 0 atom stereocenters. The smallest absolute Gasteiger partial charge is 0.231 e. The molecule has 148 valence electrons. The van der Waals surface area contributed by atoms with Gasteiger partial charge in [-0.1, -0.05) is 36.4 Å². The van der Waals surface area contributed by atoms with Crippen molar-refractivity contribution in [2.24, 2.45) is 0 Å². The van der Waals surface area contributed by atoms with Crippen molar-refractivity contribution in [3.05, 3.63) is 83.9 Å². The van der Waals surface area contributed by atoms with Crippen LogP contribution < -0.4 is 19.5 Å². The SMILES string of the molecule is COc1ccc(CN(Cc2ccc3c(c2)OCO3)C(=S)Nc2ccccc2)cc1. The number of nitrogens with zero attached hydrogens (tertiary/aromatic N) is 1. The first-order chi connectivity index (χ1) is 14.2. The van der Waals surface area contributed by atoms with E-state index in [4.69, 9.17) is 26.4 Å². The Labute approximate surface area is 175 Å². The Morgan fingerprint density at radius 2 is 1.62 bits per heavy atom. The van der Waals surface area contributed by atoms with Crippen LogP contribution in [-0.4, -0.2) is 23.9 Å². The molecule has 5 nitrogen and oxygen atoms in total. The number of rotatable bonds is 6. The third-order valence-corrected chi connectivity index (χ3v) is 5.02. The summed E-state index contributed by atoms with van der Waals surface area (Å²) in [4.78, 5) is 2.13. The Balaban J connectivity index is 1.54. The Bertz CT molecular complexity index is 977. The minimum absolute atomic E-state index is 0.266. The van der Waals surface area contributed by atoms with Gasteiger partial charge in [-0.3, -0.25) is 0 Å². The predicted octanol–water partition coefficient (Wildman–Crippen LogP) is 4.82. The fraction of sp³-hybridized carbons (Fsp3) is 0.174. The van der Waals surface area contributed by atoms with E-state index in [0.717, 1.165) is 34.1 Å². The van der Waals surface area contributed by atoms with Crippen molar-refractivity contribution in [1.29, 1.82) is 0 Å². The lowest BCUT2D eigenvalue weighted by molar-refractivity contribution is 0.174. The molecule has 1 aliphatic rings. The van der Waals surface area contributed by atoms with Crippen molar-refractivity contribution in [1.82, 2.24) is 4.90 Å². The number of fused-ring (bicyclic) bond motifs is 1. The summed E-state index contributed by atoms with van der Waals surface area (Å²) >= 11 is 5.74. The number of benzene rings is 3. The maximum Gasteiger partial charge on any atom is 0.231 e. The topological polar surface area (TPSA) is 43.0 Å². The van der Waals surface area contributed by atoms with Crippen LogP contribution in [0, 0.1) is 0 Å². The summed E-state index contributed by atoms with van der Waals surface area (Å²) in [5.74, 6) is 2.38. The molecule has 1 N–H and O–H groups in total. The molecule has 0 bridgehead atoms. The zero-order valence-corrected chi connectivity index (χ0v) is 16.9. The van der Waals surface area contributed by atoms with Crippen LogP contribution in [0.25, 0.3) is 0 Å². The third kappa shape index (κ3) is 4.78. The molecule has 0 aliphatic carbocycles. The first kappa shape index (κ1) is 19.1. The lowest BCUT2D eigenvalue weighted by Gasteiger charge is -2.26. The van der Waals surface area contributed by atoms with Crippen LogP contribution in [-0.2, 0) is 13.1 Å². The third-order valence-electron chi connectivity index (χ3n) is 4.66. The second-order valence-corrected chi connectivity index (χ2v) is 7.07. The van der Waals surface area contributed by atoms with Crippen LogP contribution in [0.5, 0.6) is 17.2 Å². The molecule has 0 unspecified atom stereocenters. The predicted molar refractivity (Wildman–Crippen MR) is 117 cm³/mol. The molecule has 0 fully saturated rings. The van der Waals surface area contributed by atoms with E-state index in [1.54, 1.807) is 7.11 Å². The highest BCUT2D eigenvalue weighted by Gasteiger charge is 2.16. The zero-order valence-electron chi connectivity index (χ0n) is 16.1. The van der Waals surface area contributed by atoms with E-state index in [9.17, 15) is 0 Å². The summed E-state index contributed by atoms with van der Waals surface area (Å²) in [5, 5.41) is 3.99. The Hall–Kier alpha value is -3.25. The Morgan fingerprint density at radius 1 is 0.931 bits per heavy atom. The molecule has 1 aliphatic heterocycles. The minimum atomic E-state index is 0.266. The van der Waals surface area contributed by atoms with Gasteiger partial charge in [-0.25, -0.2) is 0 Å². The number of thiocarbonyl (C=S) groups is 1. The van der Waals surface area contributed by atoms with Gasteiger partial charge >= 0.3 is 0 Å². The van der Waals surface area contributed by atoms with E-state index >= 15 is 0 Å². The molecule has 3 aromatic rings. The van der Waals surface area contributed by atoms with E-state index in [0.29, 0.717) is 18.2 Å². The van der Waals surface area contributed by atoms with Gasteiger partial charge in [-0.2, -0.15) is 0 Å². The van der Waals surface area contributed by atoms with E-state index in [2.05, 4.69) is 22.3 Å². The minimum Gasteiger partial charge on any atom is -0.497 e. The molecular weight excluding hydrogens is 384 g/mol. The summed E-state index contributed by atoms with van der Waals surface area (Å²) in [6.07, 6.45) is 0. The van der Waals surface area contributed by atoms with Gasteiger partial charge in [0.2, 0.25) is 6.79 Å². The van der Waals surface area contributed by atoms with Crippen molar-refractivity contribution in [3.63, 3.8) is 0 Å². The maximum atomic E-state index is 5.74. The zero-order chi connectivity index (χ0) is 20.1. The first-order valence-corrected chi connectivity index (χ1v) is 9.74. The summed E-state index contributed by atoms with van der Waals surface area (Å²) < 4.78 is 16.2. The molecule has 29 heavy (non-hydrogen) atoms. The van der Waals surface area contributed by atoms with Crippen molar-refractivity contribution in [2.45, 2.75) is 13.1 Å². The van der Waals surface area contributed by atoms with E-state index in [1.807, 2.05) is 60.7 Å². The number of hydrogen-bond acceptors (Lipinski definition) is 4. The van der Waals surface area contributed by atoms with Gasteiger partial charge in [-0.05, 0) is 59.7 Å². The van der Waals surface area contributed by atoms with Crippen molar-refractivity contribution >= 4 is 23.0 Å². The maximum absolute atomic E-state index is 5.74. The monoisotopic (exact) mass is 406 g/mol. The van der Waals surface area contributed by atoms with Gasteiger partial charge in [0, 0.05) is 18.8 Å². The quantitative estimate of drug-likeness (QED) is 0.592. The standard InChI is InChI=1S/C23H22N2O3S/c1-26-20-10-7-17(8-11-20)14-25(23(29)24-19-5-3-2-4-6-19)15-18-9-12-21-22(13-18)28-16-27-21/h2-13H,14-16H2,1H3,(H,24,29). The molecule has 1 heterocycles. The van der Waals surface area contributed by atoms with Crippen LogP contribution in [0.4, 0.5) is 5.69 Å². The van der Waals surface area contributed by atoms with E-state index in [1.165, 1.54) is 0 Å². The van der Waals surface area contributed by atoms with Gasteiger partial charge in [0.15, 0.2) is 16.6 Å². The molecule has 0 spiro atoms. The van der Waals surface area contributed by atoms with Gasteiger partial charge in [0.25, 0.3) is 0 Å². The number of para-hydroxylation sites is 1. The highest BCUT2D eigenvalue weighted by Crippen LogP contribution is 2.33. The number of nitrogens with one attached hydrogen (secondary N) is 1. The molecule has 6 heteroatoms. The lowest BCUT2D eigenvalue weighted by atomic mass is 10.1. The Morgan fingerprint density at radius 3 is 2.38 bits per heavy atom. The number of hydrogen-bond donors (Lipinski definition) is 1. The van der Waals surface area contributed by atoms with Crippen LogP contribution >= 0.6 is 12.2 Å². The molecule has 0 saturated heterocycles. The average molecular weight is 407 g/mol. The number of methoxy groups -OCH3 is 1. The summed E-state index contributed by atoms with van der Waals surface area (Å²) in [7, 11) is 1.67. The second kappa shape index (κ2) is 8.84. The van der Waals surface area contributed by atoms with Gasteiger partial charge in [0.1, 0.15) is 5.75 Å². The highest BCUT2D eigenvalue weighted by molar-refractivity contribution is 7.80. The van der Waals surface area contributed by atoms with Gasteiger partial charge < -0.3 is 24.4 Å². The van der Waals surface area contributed by atoms with E-state index in [-0.39, 0.29) is 6.79 Å². The number of ether oxygens (including phenoxy) is 3. The Kier molecular flexibility index (Phi) is 5.81. The largest absolute Gasteiger partial charge is 0.497 e. The summed E-state index contributed by atoms with van der Waals surface area (Å²) in [5.41, 5.74) is 3.20. The fourth-order valence-electron chi connectivity index (χ4n) is 3.13. The fourth-order valence-corrected chi connectivity index (χ4v) is 3.38. The second-order valence-electron chi connectivity index (χ2n) is 6.69. The van der Waals surface area contributed by atoms with Crippen molar-refractivity contribution < 1.29 is 14.2 Å². The summed E-state index contributed by atoms with van der Waals surface area (Å²) in [6, 6.07) is 24.0.